The topological polar surface area (TPSA) is 154 Å². The second kappa shape index (κ2) is 14.4. The van der Waals surface area contributed by atoms with Crippen LogP contribution < -0.4 is 24.4 Å². The van der Waals surface area contributed by atoms with Gasteiger partial charge in [0, 0.05) is 24.7 Å². The summed E-state index contributed by atoms with van der Waals surface area (Å²) in [5.74, 6) is 0.440. The van der Waals surface area contributed by atoms with Crippen molar-refractivity contribution in [2.24, 2.45) is 5.10 Å². The van der Waals surface area contributed by atoms with Gasteiger partial charge in [-0.05, 0) is 60.2 Å². The highest BCUT2D eigenvalue weighted by molar-refractivity contribution is 7.92. The second-order valence-corrected chi connectivity index (χ2v) is 12.2. The summed E-state index contributed by atoms with van der Waals surface area (Å²) >= 11 is 0. The molecule has 2 aromatic heterocycles. The molecule has 0 aliphatic rings. The molecule has 2 aromatic carbocycles. The number of anilines is 1. The Hall–Kier alpha value is -5.04. The van der Waals surface area contributed by atoms with Crippen LogP contribution in [0.25, 0.3) is 0 Å². The molecule has 2 N–H and O–H groups in total. The van der Waals surface area contributed by atoms with E-state index < -0.39 is 10.0 Å². The van der Waals surface area contributed by atoms with Gasteiger partial charge in [0.15, 0.2) is 5.82 Å². The average Bonchev–Trinajstić information content (AvgIpc) is 3.02. The van der Waals surface area contributed by atoms with Crippen LogP contribution in [0.1, 0.15) is 49.5 Å². The van der Waals surface area contributed by atoms with Gasteiger partial charge in [0.1, 0.15) is 17.8 Å². The molecule has 0 aliphatic heterocycles. The Balaban J connectivity index is 1.48. The average molecular weight is 619 g/mol. The molecule has 0 atom stereocenters. The smallest absolute Gasteiger partial charge is 0.272 e. The first-order chi connectivity index (χ1) is 21.1. The van der Waals surface area contributed by atoms with Crippen molar-refractivity contribution in [3.8, 4) is 23.1 Å². The van der Waals surface area contributed by atoms with E-state index in [1.54, 1.807) is 73.1 Å². The van der Waals surface area contributed by atoms with Gasteiger partial charge in [0.2, 0.25) is 5.75 Å². The molecule has 1 amide bonds. The Bertz CT molecular complexity index is 1690. The summed E-state index contributed by atoms with van der Waals surface area (Å²) in [6.07, 6.45) is 6.75. The van der Waals surface area contributed by atoms with Gasteiger partial charge in [-0.1, -0.05) is 39.0 Å². The quantitative estimate of drug-likeness (QED) is 0.115. The van der Waals surface area contributed by atoms with Crippen molar-refractivity contribution >= 4 is 28.0 Å². The monoisotopic (exact) mass is 618 g/mol. The number of hydrazone groups is 1. The lowest BCUT2D eigenvalue weighted by molar-refractivity contribution is 0.0954. The first-order valence-electron chi connectivity index (χ1n) is 13.7. The van der Waals surface area contributed by atoms with Crippen LogP contribution in [0, 0.1) is 0 Å². The van der Waals surface area contributed by atoms with Crippen LogP contribution in [0.5, 0.6) is 23.1 Å². The molecule has 0 bridgehead atoms. The summed E-state index contributed by atoms with van der Waals surface area (Å²) in [5, 5.41) is 3.94. The van der Waals surface area contributed by atoms with Gasteiger partial charge in [-0.15, -0.1) is 0 Å². The molecule has 0 aliphatic carbocycles. The number of benzene rings is 2. The van der Waals surface area contributed by atoms with Crippen molar-refractivity contribution in [2.75, 3.05) is 18.4 Å². The van der Waals surface area contributed by atoms with Crippen LogP contribution in [0.3, 0.4) is 0 Å². The van der Waals surface area contributed by atoms with Crippen LogP contribution >= 0.6 is 0 Å². The van der Waals surface area contributed by atoms with E-state index >= 15 is 0 Å². The molecule has 44 heavy (non-hydrogen) atoms. The number of unbranched alkanes of at least 4 members (excludes halogenated alkanes) is 1. The highest BCUT2D eigenvalue weighted by atomic mass is 32.2. The minimum atomic E-state index is -4.04. The lowest BCUT2D eigenvalue weighted by Crippen LogP contribution is -2.17. The summed E-state index contributed by atoms with van der Waals surface area (Å²) in [5.41, 5.74) is 3.70. The zero-order valence-corrected chi connectivity index (χ0v) is 25.7. The fraction of sp³-hybridized carbons (Fsp3) is 0.258. The first kappa shape index (κ1) is 31.9. The third kappa shape index (κ3) is 8.74. The number of nitrogens with zero attached hydrogens (tertiary/aromatic N) is 4. The molecule has 230 valence electrons. The van der Waals surface area contributed by atoms with E-state index in [1.165, 1.54) is 19.6 Å². The van der Waals surface area contributed by atoms with Gasteiger partial charge >= 0.3 is 0 Å². The fourth-order valence-corrected chi connectivity index (χ4v) is 4.81. The number of pyridine rings is 1. The number of carbonyl (C=O) groups excluding carboxylic acids is 1. The molecule has 0 spiro atoms. The maximum Gasteiger partial charge on any atom is 0.272 e. The Morgan fingerprint density at radius 3 is 2.50 bits per heavy atom. The Kier molecular flexibility index (Phi) is 10.5. The second-order valence-electron chi connectivity index (χ2n) is 10.5. The molecule has 0 unspecified atom stereocenters. The maximum absolute atomic E-state index is 13.3. The number of nitrogens with one attached hydrogen (secondary N) is 2. The number of sulfonamides is 1. The molecule has 0 saturated heterocycles. The standard InChI is InChI=1S/C31H34N6O6S/c1-31(2,3)23-12-14-26(15-13-23)44(39,40)37-28-27(43-25-11-7-10-24(19-25)41-4)30(34-21-33-28)42-18-6-5-17-35-36-29(38)22-9-8-16-32-20-22/h7-17,19-21H,5-6,18H2,1-4H3,(H,36,38)(H,33,34,37)/b35-17+. The van der Waals surface area contributed by atoms with Crippen molar-refractivity contribution in [2.45, 2.75) is 43.9 Å². The molecule has 4 rings (SSSR count). The number of aromatic nitrogens is 3. The van der Waals surface area contributed by atoms with Crippen molar-refractivity contribution in [3.05, 3.63) is 90.5 Å². The third-order valence-corrected chi connectivity index (χ3v) is 7.55. The van der Waals surface area contributed by atoms with Gasteiger partial charge in [-0.2, -0.15) is 10.1 Å². The summed E-state index contributed by atoms with van der Waals surface area (Å²) in [4.78, 5) is 24.4. The highest BCUT2D eigenvalue weighted by Gasteiger charge is 2.23. The number of hydrogen-bond acceptors (Lipinski definition) is 10. The van der Waals surface area contributed by atoms with E-state index in [2.05, 4.69) is 30.2 Å². The SMILES string of the molecule is COc1cccc(Oc2c(NS(=O)(=O)c3ccc(C(C)(C)C)cc3)ncnc2OCCC/C=N/NC(=O)c2cccnc2)c1. The van der Waals surface area contributed by atoms with E-state index in [-0.39, 0.29) is 40.3 Å². The zero-order chi connectivity index (χ0) is 31.6. The van der Waals surface area contributed by atoms with Crippen LogP contribution in [0.15, 0.2) is 89.4 Å². The fourth-order valence-electron chi connectivity index (χ4n) is 3.80. The summed E-state index contributed by atoms with van der Waals surface area (Å²) < 4.78 is 46.4. The van der Waals surface area contributed by atoms with Gasteiger partial charge in [0.25, 0.3) is 21.8 Å². The van der Waals surface area contributed by atoms with Crippen molar-refractivity contribution < 1.29 is 27.4 Å². The van der Waals surface area contributed by atoms with Crippen LogP contribution in [0.2, 0.25) is 0 Å². The number of ether oxygens (including phenoxy) is 3. The van der Waals surface area contributed by atoms with E-state index in [0.29, 0.717) is 29.9 Å². The highest BCUT2D eigenvalue weighted by Crippen LogP contribution is 2.37. The zero-order valence-electron chi connectivity index (χ0n) is 24.9. The van der Waals surface area contributed by atoms with Crippen molar-refractivity contribution in [1.29, 1.82) is 0 Å². The summed E-state index contributed by atoms with van der Waals surface area (Å²) in [7, 11) is -2.51. The van der Waals surface area contributed by atoms with E-state index in [9.17, 15) is 13.2 Å². The van der Waals surface area contributed by atoms with Gasteiger partial charge in [0.05, 0.1) is 24.2 Å². The van der Waals surface area contributed by atoms with Crippen LogP contribution in [-0.2, 0) is 15.4 Å². The maximum atomic E-state index is 13.3. The predicted molar refractivity (Wildman–Crippen MR) is 166 cm³/mol. The minimum absolute atomic E-state index is 0.0203. The lowest BCUT2D eigenvalue weighted by Gasteiger charge is -2.19. The summed E-state index contributed by atoms with van der Waals surface area (Å²) in [6, 6.07) is 16.7. The molecule has 2 heterocycles. The van der Waals surface area contributed by atoms with Crippen LogP contribution in [-0.4, -0.2) is 49.2 Å². The number of rotatable bonds is 13. The van der Waals surface area contributed by atoms with Gasteiger partial charge in [-0.25, -0.2) is 18.8 Å². The van der Waals surface area contributed by atoms with Crippen molar-refractivity contribution in [1.82, 2.24) is 20.4 Å². The normalized spacial score (nSPS) is 11.6. The largest absolute Gasteiger partial charge is 0.497 e. The van der Waals surface area contributed by atoms with E-state index in [4.69, 9.17) is 14.2 Å². The lowest BCUT2D eigenvalue weighted by atomic mass is 9.87. The molecular formula is C31H34N6O6S. The predicted octanol–water partition coefficient (Wildman–Crippen LogP) is 5.35. The Morgan fingerprint density at radius 1 is 1.02 bits per heavy atom. The Morgan fingerprint density at radius 2 is 1.80 bits per heavy atom. The number of methoxy groups -OCH3 is 1. The van der Waals surface area contributed by atoms with Gasteiger partial charge < -0.3 is 14.2 Å². The van der Waals surface area contributed by atoms with Crippen molar-refractivity contribution in [3.63, 3.8) is 0 Å². The van der Waals surface area contributed by atoms with Gasteiger partial charge in [-0.3, -0.25) is 14.5 Å². The number of hydrogen-bond donors (Lipinski definition) is 2. The molecule has 12 nitrogen and oxygen atoms in total. The minimum Gasteiger partial charge on any atom is -0.497 e. The van der Waals surface area contributed by atoms with E-state index in [0.717, 1.165) is 5.56 Å². The van der Waals surface area contributed by atoms with Crippen LogP contribution in [0.4, 0.5) is 5.82 Å². The molecule has 13 heteroatoms. The third-order valence-electron chi connectivity index (χ3n) is 6.19. The molecule has 0 radical (unpaired) electrons. The molecule has 4 aromatic rings. The number of amides is 1. The first-order valence-corrected chi connectivity index (χ1v) is 15.2. The Labute approximate surface area is 256 Å². The summed E-state index contributed by atoms with van der Waals surface area (Å²) in [6.45, 7) is 6.34. The molecular weight excluding hydrogens is 584 g/mol. The number of carbonyl (C=O) groups is 1. The molecule has 0 saturated carbocycles. The van der Waals surface area contributed by atoms with E-state index in [1.807, 2.05) is 20.8 Å². The molecule has 0 fully saturated rings.